The van der Waals surface area contributed by atoms with Crippen LogP contribution in [0.1, 0.15) is 44.1 Å². The fraction of sp³-hybridized carbons (Fsp3) is 0.647. The number of hydrogen-bond donors (Lipinski definition) is 0. The molecule has 19 heavy (non-hydrogen) atoms. The molecule has 5 rings (SSSR count). The molecule has 1 aromatic rings. The summed E-state index contributed by atoms with van der Waals surface area (Å²) in [7, 11) is 1.77. The van der Waals surface area contributed by atoms with Crippen molar-refractivity contribution in [2.24, 2.45) is 17.8 Å². The highest BCUT2D eigenvalue weighted by atomic mass is 127. The summed E-state index contributed by atoms with van der Waals surface area (Å²) >= 11 is 2.42. The third kappa shape index (κ3) is 1.93. The first-order valence-electron chi connectivity index (χ1n) is 7.52. The molecule has 4 bridgehead atoms. The van der Waals surface area contributed by atoms with Crippen LogP contribution < -0.4 is 4.74 Å². The third-order valence-electron chi connectivity index (χ3n) is 5.80. The first kappa shape index (κ1) is 12.5. The summed E-state index contributed by atoms with van der Waals surface area (Å²) in [5, 5.41) is 0. The quantitative estimate of drug-likeness (QED) is 0.684. The normalized spacial score (nSPS) is 39.6. The lowest BCUT2D eigenvalue weighted by molar-refractivity contribution is -0.00523. The van der Waals surface area contributed by atoms with E-state index >= 15 is 0 Å². The maximum Gasteiger partial charge on any atom is 0.132 e. The van der Waals surface area contributed by atoms with Gasteiger partial charge in [0.25, 0.3) is 0 Å². The molecule has 0 atom stereocenters. The van der Waals surface area contributed by atoms with Crippen LogP contribution in [0.4, 0.5) is 0 Å². The van der Waals surface area contributed by atoms with Gasteiger partial charge in [0.15, 0.2) is 0 Å². The topological polar surface area (TPSA) is 9.23 Å². The molecule has 0 saturated heterocycles. The molecule has 4 fully saturated rings. The Balaban J connectivity index is 1.73. The van der Waals surface area contributed by atoms with E-state index in [9.17, 15) is 0 Å². The first-order valence-corrected chi connectivity index (χ1v) is 8.60. The second-order valence-corrected chi connectivity index (χ2v) is 8.21. The van der Waals surface area contributed by atoms with Crippen LogP contribution in [0, 0.1) is 21.3 Å². The van der Waals surface area contributed by atoms with Gasteiger partial charge in [0.2, 0.25) is 0 Å². The molecule has 4 aliphatic carbocycles. The van der Waals surface area contributed by atoms with E-state index in [-0.39, 0.29) is 0 Å². The Morgan fingerprint density at radius 3 is 2.11 bits per heavy atom. The van der Waals surface area contributed by atoms with Crippen LogP contribution >= 0.6 is 22.6 Å². The number of methoxy groups -OCH3 is 1. The van der Waals surface area contributed by atoms with Crippen LogP contribution in [-0.2, 0) is 5.41 Å². The molecule has 0 heterocycles. The van der Waals surface area contributed by atoms with Crippen molar-refractivity contribution < 1.29 is 4.74 Å². The van der Waals surface area contributed by atoms with Crippen LogP contribution in [0.3, 0.4) is 0 Å². The van der Waals surface area contributed by atoms with E-state index in [4.69, 9.17) is 4.74 Å². The molecule has 0 spiro atoms. The lowest BCUT2D eigenvalue weighted by Crippen LogP contribution is -2.48. The number of benzene rings is 1. The zero-order valence-corrected chi connectivity index (χ0v) is 13.7. The highest BCUT2D eigenvalue weighted by Gasteiger charge is 2.51. The van der Waals surface area contributed by atoms with E-state index < -0.39 is 0 Å². The molecule has 0 aliphatic heterocycles. The predicted octanol–water partition coefficient (Wildman–Crippen LogP) is 4.77. The zero-order chi connectivity index (χ0) is 13.0. The van der Waals surface area contributed by atoms with E-state index in [1.807, 2.05) is 0 Å². The van der Waals surface area contributed by atoms with Crippen molar-refractivity contribution in [1.82, 2.24) is 0 Å². The number of rotatable bonds is 2. The molecular weight excluding hydrogens is 347 g/mol. The van der Waals surface area contributed by atoms with Crippen molar-refractivity contribution in [3.05, 3.63) is 27.3 Å². The van der Waals surface area contributed by atoms with Gasteiger partial charge in [0, 0.05) is 0 Å². The highest BCUT2D eigenvalue weighted by Crippen LogP contribution is 2.60. The average molecular weight is 368 g/mol. The summed E-state index contributed by atoms with van der Waals surface area (Å²) in [4.78, 5) is 0. The molecule has 102 valence electrons. The second kappa shape index (κ2) is 4.37. The predicted molar refractivity (Wildman–Crippen MR) is 85.6 cm³/mol. The Morgan fingerprint density at radius 2 is 1.63 bits per heavy atom. The van der Waals surface area contributed by atoms with E-state index in [0.717, 1.165) is 23.5 Å². The van der Waals surface area contributed by atoms with Crippen molar-refractivity contribution in [2.75, 3.05) is 7.11 Å². The van der Waals surface area contributed by atoms with E-state index in [0.29, 0.717) is 5.41 Å². The Labute approximate surface area is 129 Å². The Hall–Kier alpha value is -0.250. The molecule has 1 nitrogen and oxygen atoms in total. The van der Waals surface area contributed by atoms with Crippen molar-refractivity contribution in [3.63, 3.8) is 0 Å². The van der Waals surface area contributed by atoms with Crippen LogP contribution in [-0.4, -0.2) is 7.11 Å². The molecule has 4 aliphatic rings. The summed E-state index contributed by atoms with van der Waals surface area (Å²) in [6.07, 6.45) is 8.90. The molecule has 1 aromatic carbocycles. The van der Waals surface area contributed by atoms with Crippen LogP contribution in [0.2, 0.25) is 0 Å². The lowest BCUT2D eigenvalue weighted by atomic mass is 9.48. The Kier molecular flexibility index (Phi) is 2.87. The molecule has 0 amide bonds. The molecule has 0 N–H and O–H groups in total. The van der Waals surface area contributed by atoms with Gasteiger partial charge in [-0.05, 0) is 102 Å². The third-order valence-corrected chi connectivity index (χ3v) is 6.65. The van der Waals surface area contributed by atoms with Gasteiger partial charge in [0.05, 0.1) is 10.7 Å². The summed E-state index contributed by atoms with van der Waals surface area (Å²) < 4.78 is 6.68. The van der Waals surface area contributed by atoms with Gasteiger partial charge in [-0.3, -0.25) is 0 Å². The van der Waals surface area contributed by atoms with Crippen molar-refractivity contribution in [1.29, 1.82) is 0 Å². The molecule has 0 unspecified atom stereocenters. The average Bonchev–Trinajstić information content (AvgIpc) is 2.37. The van der Waals surface area contributed by atoms with Crippen molar-refractivity contribution >= 4 is 22.6 Å². The van der Waals surface area contributed by atoms with Crippen molar-refractivity contribution in [2.45, 2.75) is 43.9 Å². The van der Waals surface area contributed by atoms with Gasteiger partial charge in [-0.2, -0.15) is 0 Å². The lowest BCUT2D eigenvalue weighted by Gasteiger charge is -2.57. The number of hydrogen-bond acceptors (Lipinski definition) is 1. The Morgan fingerprint density at radius 1 is 1.05 bits per heavy atom. The fourth-order valence-corrected chi connectivity index (χ4v) is 6.20. The van der Waals surface area contributed by atoms with E-state index in [2.05, 4.69) is 40.8 Å². The van der Waals surface area contributed by atoms with Crippen molar-refractivity contribution in [3.8, 4) is 5.75 Å². The molecule has 0 aromatic heterocycles. The van der Waals surface area contributed by atoms with Gasteiger partial charge >= 0.3 is 0 Å². The van der Waals surface area contributed by atoms with Gasteiger partial charge in [0.1, 0.15) is 5.75 Å². The zero-order valence-electron chi connectivity index (χ0n) is 11.5. The molecule has 4 saturated carbocycles. The van der Waals surface area contributed by atoms with Gasteiger partial charge in [-0.15, -0.1) is 0 Å². The van der Waals surface area contributed by atoms with Gasteiger partial charge in [-0.1, -0.05) is 6.07 Å². The Bertz CT molecular complexity index is 473. The highest BCUT2D eigenvalue weighted by molar-refractivity contribution is 14.1. The summed E-state index contributed by atoms with van der Waals surface area (Å²) in [5.74, 6) is 4.08. The molecular formula is C17H21IO. The summed E-state index contributed by atoms with van der Waals surface area (Å²) in [6.45, 7) is 0. The maximum absolute atomic E-state index is 5.41. The molecule has 2 heteroatoms. The minimum atomic E-state index is 0.515. The van der Waals surface area contributed by atoms with Crippen LogP contribution in [0.15, 0.2) is 18.2 Å². The fourth-order valence-electron chi connectivity index (χ4n) is 5.46. The SMILES string of the molecule is COc1ccc(C23CC4CC(CC(C4)C2)C3)cc1I. The smallest absolute Gasteiger partial charge is 0.132 e. The first-order chi connectivity index (χ1) is 9.18. The minimum Gasteiger partial charge on any atom is -0.496 e. The van der Waals surface area contributed by atoms with Crippen LogP contribution in [0.25, 0.3) is 0 Å². The van der Waals surface area contributed by atoms with Gasteiger partial charge in [-0.25, -0.2) is 0 Å². The summed E-state index contributed by atoms with van der Waals surface area (Å²) in [6, 6.07) is 6.91. The molecule has 0 radical (unpaired) electrons. The number of ether oxygens (including phenoxy) is 1. The largest absolute Gasteiger partial charge is 0.496 e. The standard InChI is InChI=1S/C17H21IO/c1-19-16-3-2-14(7-15(16)18)17-8-11-4-12(9-17)6-13(5-11)10-17/h2-3,7,11-13H,4-6,8-10H2,1H3. The van der Waals surface area contributed by atoms with Gasteiger partial charge < -0.3 is 4.74 Å². The van der Waals surface area contributed by atoms with Crippen LogP contribution in [0.5, 0.6) is 5.75 Å². The monoisotopic (exact) mass is 368 g/mol. The van der Waals surface area contributed by atoms with E-state index in [1.54, 1.807) is 12.7 Å². The minimum absolute atomic E-state index is 0.515. The van der Waals surface area contributed by atoms with E-state index in [1.165, 1.54) is 42.1 Å². The summed E-state index contributed by atoms with van der Waals surface area (Å²) in [5.41, 5.74) is 2.11. The maximum atomic E-state index is 5.41. The number of halogens is 1. The second-order valence-electron chi connectivity index (χ2n) is 7.05.